The first kappa shape index (κ1) is 21.7. The lowest BCUT2D eigenvalue weighted by molar-refractivity contribution is -0.136. The van der Waals surface area contributed by atoms with E-state index in [0.29, 0.717) is 37.7 Å². The van der Waals surface area contributed by atoms with Crippen LogP contribution in [-0.4, -0.2) is 48.9 Å². The van der Waals surface area contributed by atoms with Crippen molar-refractivity contribution in [1.29, 1.82) is 0 Å². The summed E-state index contributed by atoms with van der Waals surface area (Å²) in [6.07, 6.45) is 0.271. The fraction of sp³-hybridized carbons (Fsp3) is 0.417. The Balaban J connectivity index is 1.65. The summed E-state index contributed by atoms with van der Waals surface area (Å²) in [4.78, 5) is 29.2. The number of likely N-dealkylation sites (tertiary alicyclic amines) is 1. The highest BCUT2D eigenvalue weighted by atomic mass is 16.5. The molecule has 0 N–H and O–H groups in total. The highest BCUT2D eigenvalue weighted by Gasteiger charge is 2.36. The fourth-order valence-corrected chi connectivity index (χ4v) is 3.81. The van der Waals surface area contributed by atoms with E-state index in [0.717, 1.165) is 11.1 Å². The number of amides is 2. The second-order valence-corrected chi connectivity index (χ2v) is 7.70. The largest absolute Gasteiger partial charge is 0.493 e. The predicted molar refractivity (Wildman–Crippen MR) is 115 cm³/mol. The molecule has 6 nitrogen and oxygen atoms in total. The molecule has 1 saturated heterocycles. The monoisotopic (exact) mass is 410 g/mol. The molecule has 1 atom stereocenters. The van der Waals surface area contributed by atoms with Gasteiger partial charge in [0.1, 0.15) is 0 Å². The molecule has 0 saturated carbocycles. The van der Waals surface area contributed by atoms with Crippen molar-refractivity contribution in [2.75, 3.05) is 27.3 Å². The maximum atomic E-state index is 13.1. The van der Waals surface area contributed by atoms with Crippen LogP contribution in [0.2, 0.25) is 0 Å². The van der Waals surface area contributed by atoms with E-state index in [1.807, 2.05) is 56.3 Å². The molecule has 1 aliphatic rings. The average molecular weight is 411 g/mol. The number of rotatable bonds is 8. The van der Waals surface area contributed by atoms with Gasteiger partial charge in [0.25, 0.3) is 0 Å². The molecule has 0 aromatic heterocycles. The molecule has 0 aliphatic carbocycles. The standard InChI is InChI=1S/C24H30N2O4/c1-5-25(15-19-10-11-21(29-3)22(12-19)30-4)24(28)20-13-23(27)26(16-20)14-18-8-6-17(2)7-9-18/h6-12,20H,5,13-16H2,1-4H3. The zero-order valence-corrected chi connectivity index (χ0v) is 18.2. The number of carbonyl (C=O) groups is 2. The van der Waals surface area contributed by atoms with Gasteiger partial charge in [-0.15, -0.1) is 0 Å². The molecule has 1 heterocycles. The molecular weight excluding hydrogens is 380 g/mol. The highest BCUT2D eigenvalue weighted by Crippen LogP contribution is 2.29. The summed E-state index contributed by atoms with van der Waals surface area (Å²) in [7, 11) is 3.19. The van der Waals surface area contributed by atoms with Crippen LogP contribution in [0.5, 0.6) is 11.5 Å². The Labute approximate surface area is 178 Å². The molecule has 1 aliphatic heterocycles. The number of hydrogen-bond acceptors (Lipinski definition) is 4. The van der Waals surface area contributed by atoms with E-state index in [1.165, 1.54) is 5.56 Å². The number of methoxy groups -OCH3 is 2. The first-order valence-corrected chi connectivity index (χ1v) is 10.3. The second-order valence-electron chi connectivity index (χ2n) is 7.70. The number of benzene rings is 2. The van der Waals surface area contributed by atoms with Crippen molar-refractivity contribution in [3.63, 3.8) is 0 Å². The Morgan fingerprint density at radius 1 is 1.07 bits per heavy atom. The van der Waals surface area contributed by atoms with Gasteiger partial charge in [0.2, 0.25) is 11.8 Å². The molecule has 2 aromatic rings. The molecule has 1 unspecified atom stereocenters. The van der Waals surface area contributed by atoms with Crippen molar-refractivity contribution >= 4 is 11.8 Å². The Kier molecular flexibility index (Phi) is 6.98. The van der Waals surface area contributed by atoms with Crippen LogP contribution in [0.1, 0.15) is 30.0 Å². The van der Waals surface area contributed by atoms with E-state index in [9.17, 15) is 9.59 Å². The second kappa shape index (κ2) is 9.65. The third-order valence-corrected chi connectivity index (χ3v) is 5.57. The Bertz CT molecular complexity index is 895. The first-order valence-electron chi connectivity index (χ1n) is 10.3. The molecule has 0 spiro atoms. The summed E-state index contributed by atoms with van der Waals surface area (Å²) in [6, 6.07) is 13.8. The lowest BCUT2D eigenvalue weighted by Gasteiger charge is -2.25. The predicted octanol–water partition coefficient (Wildman–Crippen LogP) is 3.41. The van der Waals surface area contributed by atoms with Crippen molar-refractivity contribution in [1.82, 2.24) is 9.80 Å². The highest BCUT2D eigenvalue weighted by molar-refractivity contribution is 5.89. The van der Waals surface area contributed by atoms with Crippen molar-refractivity contribution in [2.45, 2.75) is 33.4 Å². The van der Waals surface area contributed by atoms with Gasteiger partial charge in [-0.2, -0.15) is 0 Å². The van der Waals surface area contributed by atoms with Crippen LogP contribution in [0.25, 0.3) is 0 Å². The maximum absolute atomic E-state index is 13.1. The van der Waals surface area contributed by atoms with Gasteiger partial charge in [0, 0.05) is 32.6 Å². The molecule has 2 aromatic carbocycles. The fourth-order valence-electron chi connectivity index (χ4n) is 3.81. The quantitative estimate of drug-likeness (QED) is 0.669. The molecule has 0 radical (unpaired) electrons. The minimum absolute atomic E-state index is 0.0204. The third kappa shape index (κ3) is 4.93. The zero-order chi connectivity index (χ0) is 21.7. The van der Waals surface area contributed by atoms with E-state index in [2.05, 4.69) is 0 Å². The smallest absolute Gasteiger partial charge is 0.228 e. The van der Waals surface area contributed by atoms with Crippen LogP contribution in [0.3, 0.4) is 0 Å². The molecule has 6 heteroatoms. The maximum Gasteiger partial charge on any atom is 0.228 e. The van der Waals surface area contributed by atoms with Gasteiger partial charge < -0.3 is 19.3 Å². The van der Waals surface area contributed by atoms with Crippen LogP contribution < -0.4 is 9.47 Å². The summed E-state index contributed by atoms with van der Waals surface area (Å²) >= 11 is 0. The van der Waals surface area contributed by atoms with E-state index < -0.39 is 0 Å². The lowest BCUT2D eigenvalue weighted by Crippen LogP contribution is -2.36. The molecule has 160 valence electrons. The summed E-state index contributed by atoms with van der Waals surface area (Å²) in [5.41, 5.74) is 3.23. The Morgan fingerprint density at radius 2 is 1.73 bits per heavy atom. The number of hydrogen-bond donors (Lipinski definition) is 0. The van der Waals surface area contributed by atoms with Crippen LogP contribution >= 0.6 is 0 Å². The Hall–Kier alpha value is -3.02. The molecule has 3 rings (SSSR count). The van der Waals surface area contributed by atoms with E-state index >= 15 is 0 Å². The normalized spacial score (nSPS) is 15.9. The number of carbonyl (C=O) groups excluding carboxylic acids is 2. The van der Waals surface area contributed by atoms with Gasteiger partial charge in [-0.1, -0.05) is 35.9 Å². The minimum Gasteiger partial charge on any atom is -0.493 e. The van der Waals surface area contributed by atoms with Crippen LogP contribution in [-0.2, 0) is 22.7 Å². The molecular formula is C24H30N2O4. The third-order valence-electron chi connectivity index (χ3n) is 5.57. The van der Waals surface area contributed by atoms with Gasteiger partial charge in [0.05, 0.1) is 20.1 Å². The lowest BCUT2D eigenvalue weighted by atomic mass is 10.1. The van der Waals surface area contributed by atoms with Crippen molar-refractivity contribution < 1.29 is 19.1 Å². The van der Waals surface area contributed by atoms with Crippen LogP contribution in [0, 0.1) is 12.8 Å². The van der Waals surface area contributed by atoms with Crippen LogP contribution in [0.15, 0.2) is 42.5 Å². The SMILES string of the molecule is CCN(Cc1ccc(OC)c(OC)c1)C(=O)C1CC(=O)N(Cc2ccc(C)cc2)C1. The minimum atomic E-state index is -0.303. The summed E-state index contributed by atoms with van der Waals surface area (Å²) in [5, 5.41) is 0. The zero-order valence-electron chi connectivity index (χ0n) is 18.2. The van der Waals surface area contributed by atoms with E-state index in [1.54, 1.807) is 24.0 Å². The number of aryl methyl sites for hydroxylation is 1. The summed E-state index contributed by atoms with van der Waals surface area (Å²) in [5.74, 6) is 1.05. The van der Waals surface area contributed by atoms with Gasteiger partial charge in [-0.25, -0.2) is 0 Å². The van der Waals surface area contributed by atoms with Gasteiger partial charge >= 0.3 is 0 Å². The van der Waals surface area contributed by atoms with Gasteiger partial charge in [-0.3, -0.25) is 9.59 Å². The number of nitrogens with zero attached hydrogens (tertiary/aromatic N) is 2. The average Bonchev–Trinajstić information content (AvgIpc) is 3.13. The summed E-state index contributed by atoms with van der Waals surface area (Å²) in [6.45, 7) is 6.06. The van der Waals surface area contributed by atoms with Crippen molar-refractivity contribution in [3.05, 3.63) is 59.2 Å². The van der Waals surface area contributed by atoms with Crippen molar-refractivity contribution in [3.8, 4) is 11.5 Å². The summed E-state index contributed by atoms with van der Waals surface area (Å²) < 4.78 is 10.6. The van der Waals surface area contributed by atoms with Crippen molar-refractivity contribution in [2.24, 2.45) is 5.92 Å². The van der Waals surface area contributed by atoms with E-state index in [-0.39, 0.29) is 24.2 Å². The first-order chi connectivity index (χ1) is 14.4. The molecule has 2 amide bonds. The van der Waals surface area contributed by atoms with Crippen LogP contribution in [0.4, 0.5) is 0 Å². The Morgan fingerprint density at radius 3 is 2.37 bits per heavy atom. The molecule has 30 heavy (non-hydrogen) atoms. The molecule has 0 bridgehead atoms. The van der Waals surface area contributed by atoms with E-state index in [4.69, 9.17) is 9.47 Å². The van der Waals surface area contributed by atoms with Gasteiger partial charge in [0.15, 0.2) is 11.5 Å². The molecule has 1 fully saturated rings. The topological polar surface area (TPSA) is 59.1 Å². The van der Waals surface area contributed by atoms with Gasteiger partial charge in [-0.05, 0) is 37.1 Å². The number of ether oxygens (including phenoxy) is 2.